The fraction of sp³-hybridized carbons (Fsp3) is 0.733. The maximum atomic E-state index is 12.2. The average Bonchev–Trinajstić information content (AvgIpc) is 3.03. The van der Waals surface area contributed by atoms with Crippen LogP contribution in [0.4, 0.5) is 5.13 Å². The Balaban J connectivity index is 0.00000161. The maximum absolute atomic E-state index is 12.2. The minimum atomic E-state index is 0. The number of carbonyl (C=O) groups excluding carboxylic acids is 1. The van der Waals surface area contributed by atoms with E-state index in [1.54, 1.807) is 11.3 Å². The van der Waals surface area contributed by atoms with Gasteiger partial charge in [0.15, 0.2) is 5.13 Å². The lowest BCUT2D eigenvalue weighted by molar-refractivity contribution is -0.119. The lowest BCUT2D eigenvalue weighted by Gasteiger charge is -2.18. The highest BCUT2D eigenvalue weighted by molar-refractivity contribution is 7.15. The van der Waals surface area contributed by atoms with E-state index in [0.717, 1.165) is 43.2 Å². The lowest BCUT2D eigenvalue weighted by Crippen LogP contribution is -2.23. The molecule has 1 heterocycles. The predicted molar refractivity (Wildman–Crippen MR) is 89.1 cm³/mol. The van der Waals surface area contributed by atoms with Crippen LogP contribution in [0, 0.1) is 11.8 Å². The van der Waals surface area contributed by atoms with Crippen LogP contribution in [0.1, 0.15) is 49.6 Å². The molecule has 4 nitrogen and oxygen atoms in total. The summed E-state index contributed by atoms with van der Waals surface area (Å²) in [4.78, 5) is 18.2. The molecular weight excluding hydrogens is 306 g/mol. The number of rotatable bonds is 3. The molecule has 6 heteroatoms. The first-order valence-corrected chi connectivity index (χ1v) is 8.52. The van der Waals surface area contributed by atoms with Crippen molar-refractivity contribution in [1.82, 2.24) is 4.98 Å². The number of thiazole rings is 1. The van der Waals surface area contributed by atoms with E-state index in [1.807, 2.05) is 0 Å². The smallest absolute Gasteiger partial charge is 0.229 e. The molecule has 0 saturated heterocycles. The number of carbonyl (C=O) groups is 1. The number of aryl methyl sites for hydroxylation is 1. The third-order valence-electron chi connectivity index (χ3n) is 4.69. The molecule has 1 saturated carbocycles. The number of hydrogen-bond donors (Lipinski definition) is 2. The molecule has 0 spiro atoms. The average molecular weight is 330 g/mol. The van der Waals surface area contributed by atoms with E-state index in [0.29, 0.717) is 0 Å². The molecule has 2 aliphatic rings. The van der Waals surface area contributed by atoms with E-state index in [9.17, 15) is 4.79 Å². The first kappa shape index (κ1) is 16.7. The largest absolute Gasteiger partial charge is 0.328 e. The molecule has 1 amide bonds. The SMILES string of the molecule is CCC1CCc2nc(NC(=O)C3CCC(N)C3)sc2C1.Cl. The number of nitrogens with one attached hydrogen (secondary N) is 1. The van der Waals surface area contributed by atoms with Crippen LogP contribution in [-0.2, 0) is 17.6 Å². The van der Waals surface area contributed by atoms with E-state index in [2.05, 4.69) is 17.2 Å². The van der Waals surface area contributed by atoms with Gasteiger partial charge in [0, 0.05) is 16.8 Å². The molecule has 1 aromatic heterocycles. The third-order valence-corrected chi connectivity index (χ3v) is 5.73. The standard InChI is InChI=1S/C15H23N3OS.ClH/c1-2-9-3-6-12-13(7-9)20-15(17-12)18-14(19)10-4-5-11(16)8-10;/h9-11H,2-8,16H2,1H3,(H,17,18,19);1H. The zero-order chi connectivity index (χ0) is 14.1. The summed E-state index contributed by atoms with van der Waals surface area (Å²) >= 11 is 1.67. The molecule has 2 aliphatic carbocycles. The quantitative estimate of drug-likeness (QED) is 0.895. The highest BCUT2D eigenvalue weighted by atomic mass is 35.5. The molecule has 21 heavy (non-hydrogen) atoms. The number of aromatic nitrogens is 1. The molecule has 0 aliphatic heterocycles. The Bertz CT molecular complexity index is 505. The number of nitrogens with two attached hydrogens (primary N) is 1. The summed E-state index contributed by atoms with van der Waals surface area (Å²) < 4.78 is 0. The summed E-state index contributed by atoms with van der Waals surface area (Å²) in [5.41, 5.74) is 7.08. The van der Waals surface area contributed by atoms with Crippen LogP contribution in [0.15, 0.2) is 0 Å². The molecule has 3 atom stereocenters. The number of amides is 1. The normalized spacial score (nSPS) is 27.8. The molecule has 118 valence electrons. The van der Waals surface area contributed by atoms with Crippen molar-refractivity contribution in [2.24, 2.45) is 17.6 Å². The number of halogens is 1. The van der Waals surface area contributed by atoms with Crippen LogP contribution in [-0.4, -0.2) is 16.9 Å². The molecule has 3 rings (SSSR count). The molecule has 3 N–H and O–H groups in total. The predicted octanol–water partition coefficient (Wildman–Crippen LogP) is 3.15. The highest BCUT2D eigenvalue weighted by Gasteiger charge is 2.29. The second-order valence-corrected chi connectivity index (χ2v) is 7.25. The van der Waals surface area contributed by atoms with Crippen LogP contribution in [0.5, 0.6) is 0 Å². The lowest BCUT2D eigenvalue weighted by atomic mass is 9.89. The highest BCUT2D eigenvalue weighted by Crippen LogP contribution is 2.34. The van der Waals surface area contributed by atoms with Gasteiger partial charge in [-0.1, -0.05) is 13.3 Å². The fourth-order valence-corrected chi connectivity index (χ4v) is 4.43. The molecule has 0 radical (unpaired) electrons. The first-order chi connectivity index (χ1) is 9.65. The van der Waals surface area contributed by atoms with Crippen molar-refractivity contribution < 1.29 is 4.79 Å². The van der Waals surface area contributed by atoms with Crippen molar-refractivity contribution in [3.05, 3.63) is 10.6 Å². The molecule has 1 fully saturated rings. The van der Waals surface area contributed by atoms with Crippen LogP contribution in [0.25, 0.3) is 0 Å². The van der Waals surface area contributed by atoms with Gasteiger partial charge in [0.2, 0.25) is 5.91 Å². The minimum Gasteiger partial charge on any atom is -0.328 e. The van der Waals surface area contributed by atoms with Gasteiger partial charge < -0.3 is 11.1 Å². The van der Waals surface area contributed by atoms with Crippen molar-refractivity contribution in [3.8, 4) is 0 Å². The topological polar surface area (TPSA) is 68.0 Å². The summed E-state index contributed by atoms with van der Waals surface area (Å²) in [5, 5.41) is 3.80. The summed E-state index contributed by atoms with van der Waals surface area (Å²) in [6, 6.07) is 0.195. The minimum absolute atomic E-state index is 0. The van der Waals surface area contributed by atoms with Crippen LogP contribution in [0.3, 0.4) is 0 Å². The summed E-state index contributed by atoms with van der Waals surface area (Å²) in [6.07, 6.45) is 7.36. The van der Waals surface area contributed by atoms with Gasteiger partial charge in [-0.3, -0.25) is 4.79 Å². The second-order valence-electron chi connectivity index (χ2n) is 6.17. The summed E-state index contributed by atoms with van der Waals surface area (Å²) in [7, 11) is 0. The first-order valence-electron chi connectivity index (χ1n) is 7.70. The Morgan fingerprint density at radius 3 is 2.90 bits per heavy atom. The Morgan fingerprint density at radius 1 is 1.43 bits per heavy atom. The van der Waals surface area contributed by atoms with Crippen LogP contribution in [0.2, 0.25) is 0 Å². The Morgan fingerprint density at radius 2 is 2.24 bits per heavy atom. The number of nitrogens with zero attached hydrogens (tertiary/aromatic N) is 1. The Kier molecular flexibility index (Phi) is 5.63. The molecule has 3 unspecified atom stereocenters. The van der Waals surface area contributed by atoms with E-state index in [4.69, 9.17) is 5.73 Å². The Labute approximate surface area is 136 Å². The fourth-order valence-electron chi connectivity index (χ4n) is 3.31. The van der Waals surface area contributed by atoms with E-state index >= 15 is 0 Å². The van der Waals surface area contributed by atoms with Gasteiger partial charge in [-0.15, -0.1) is 23.7 Å². The van der Waals surface area contributed by atoms with Gasteiger partial charge in [-0.2, -0.15) is 0 Å². The van der Waals surface area contributed by atoms with Crippen molar-refractivity contribution in [3.63, 3.8) is 0 Å². The number of anilines is 1. The maximum Gasteiger partial charge on any atom is 0.229 e. The van der Waals surface area contributed by atoms with E-state index in [-0.39, 0.29) is 30.3 Å². The monoisotopic (exact) mass is 329 g/mol. The van der Waals surface area contributed by atoms with Crippen molar-refractivity contribution in [1.29, 1.82) is 0 Å². The van der Waals surface area contributed by atoms with Gasteiger partial charge in [-0.25, -0.2) is 4.98 Å². The van der Waals surface area contributed by atoms with Crippen LogP contribution >= 0.6 is 23.7 Å². The molecule has 0 aromatic carbocycles. The van der Waals surface area contributed by atoms with E-state index in [1.165, 1.54) is 23.4 Å². The number of fused-ring (bicyclic) bond motifs is 1. The molecular formula is C15H24ClN3OS. The van der Waals surface area contributed by atoms with Gasteiger partial charge >= 0.3 is 0 Å². The van der Waals surface area contributed by atoms with E-state index < -0.39 is 0 Å². The van der Waals surface area contributed by atoms with Gasteiger partial charge in [0.1, 0.15) is 0 Å². The van der Waals surface area contributed by atoms with Crippen molar-refractivity contribution in [2.45, 2.75) is 57.9 Å². The van der Waals surface area contributed by atoms with Gasteiger partial charge in [-0.05, 0) is 44.4 Å². The van der Waals surface area contributed by atoms with Crippen molar-refractivity contribution in [2.75, 3.05) is 5.32 Å². The van der Waals surface area contributed by atoms with Crippen molar-refractivity contribution >= 4 is 34.8 Å². The Hall–Kier alpha value is -0.650. The molecule has 0 bridgehead atoms. The zero-order valence-electron chi connectivity index (χ0n) is 12.4. The zero-order valence-corrected chi connectivity index (χ0v) is 14.1. The second kappa shape index (κ2) is 7.07. The summed E-state index contributed by atoms with van der Waals surface area (Å²) in [5.74, 6) is 0.977. The third kappa shape index (κ3) is 3.76. The van der Waals surface area contributed by atoms with Gasteiger partial charge in [0.05, 0.1) is 5.69 Å². The van der Waals surface area contributed by atoms with Gasteiger partial charge in [0.25, 0.3) is 0 Å². The van der Waals surface area contributed by atoms with Crippen LogP contribution < -0.4 is 11.1 Å². The number of hydrogen-bond acceptors (Lipinski definition) is 4. The molecule has 1 aromatic rings. The summed E-state index contributed by atoms with van der Waals surface area (Å²) in [6.45, 7) is 2.25.